The molecule has 4 nitrogen and oxygen atoms in total. The third-order valence-corrected chi connectivity index (χ3v) is 3.01. The Labute approximate surface area is 93.5 Å². The van der Waals surface area contributed by atoms with Crippen molar-refractivity contribution in [3.05, 3.63) is 22.4 Å². The highest BCUT2D eigenvalue weighted by Crippen LogP contribution is 2.10. The zero-order valence-electron chi connectivity index (χ0n) is 8.93. The largest absolute Gasteiger partial charge is 0.480 e. The molecule has 0 aliphatic rings. The average Bonchev–Trinajstić information content (AvgIpc) is 2.66. The van der Waals surface area contributed by atoms with E-state index in [9.17, 15) is 4.79 Å². The molecule has 1 rings (SSSR count). The average molecular weight is 228 g/mol. The fourth-order valence-corrected chi connectivity index (χ4v) is 2.12. The molecular weight excluding hydrogens is 212 g/mol. The van der Waals surface area contributed by atoms with Crippen LogP contribution in [-0.2, 0) is 11.3 Å². The van der Waals surface area contributed by atoms with E-state index < -0.39 is 12.0 Å². The van der Waals surface area contributed by atoms with Crippen LogP contribution in [0.25, 0.3) is 0 Å². The molecule has 0 bridgehead atoms. The molecular formula is C10H16N2O2S. The second-order valence-electron chi connectivity index (χ2n) is 3.46. The van der Waals surface area contributed by atoms with Crippen molar-refractivity contribution in [2.75, 3.05) is 20.6 Å². The van der Waals surface area contributed by atoms with Gasteiger partial charge in [0.1, 0.15) is 6.04 Å². The lowest BCUT2D eigenvalue weighted by Crippen LogP contribution is -2.43. The topological polar surface area (TPSA) is 52.6 Å². The summed E-state index contributed by atoms with van der Waals surface area (Å²) in [6.07, 6.45) is 0. The summed E-state index contributed by atoms with van der Waals surface area (Å²) in [4.78, 5) is 14.0. The molecule has 1 heterocycles. The van der Waals surface area contributed by atoms with Crippen LogP contribution in [0.3, 0.4) is 0 Å². The molecule has 0 amide bonds. The van der Waals surface area contributed by atoms with Gasteiger partial charge in [0.25, 0.3) is 0 Å². The van der Waals surface area contributed by atoms with E-state index in [0.29, 0.717) is 6.54 Å². The standard InChI is InChI=1S/C10H16N2O2S/c1-11-9(10(13)14)7-12(2)6-8-4-3-5-15-8/h3-5,9,11H,6-7H2,1-2H3,(H,13,14). The van der Waals surface area contributed by atoms with Crippen molar-refractivity contribution in [3.8, 4) is 0 Å². The number of hydrogen-bond donors (Lipinski definition) is 2. The molecule has 84 valence electrons. The number of likely N-dealkylation sites (N-methyl/N-ethyl adjacent to an activating group) is 2. The summed E-state index contributed by atoms with van der Waals surface area (Å²) in [7, 11) is 3.59. The number of hydrogen-bond acceptors (Lipinski definition) is 4. The molecule has 0 aliphatic heterocycles. The van der Waals surface area contributed by atoms with Gasteiger partial charge in [-0.2, -0.15) is 0 Å². The first kappa shape index (κ1) is 12.2. The molecule has 2 N–H and O–H groups in total. The Balaban J connectivity index is 2.41. The Morgan fingerprint density at radius 2 is 2.47 bits per heavy atom. The Morgan fingerprint density at radius 3 is 2.93 bits per heavy atom. The molecule has 0 aliphatic carbocycles. The number of nitrogens with zero attached hydrogens (tertiary/aromatic N) is 1. The maximum atomic E-state index is 10.8. The molecule has 0 saturated heterocycles. The highest BCUT2D eigenvalue weighted by Gasteiger charge is 2.16. The number of rotatable bonds is 6. The van der Waals surface area contributed by atoms with Gasteiger partial charge in [-0.25, -0.2) is 0 Å². The summed E-state index contributed by atoms with van der Waals surface area (Å²) in [5, 5.41) is 13.7. The second-order valence-corrected chi connectivity index (χ2v) is 4.49. The van der Waals surface area contributed by atoms with Gasteiger partial charge in [-0.3, -0.25) is 9.69 Å². The Hall–Kier alpha value is -0.910. The predicted octanol–water partition coefficient (Wildman–Crippen LogP) is 0.852. The SMILES string of the molecule is CNC(CN(C)Cc1cccs1)C(=O)O. The van der Waals surface area contributed by atoms with E-state index in [0.717, 1.165) is 6.54 Å². The second kappa shape index (κ2) is 5.85. The van der Waals surface area contributed by atoms with Gasteiger partial charge in [-0.1, -0.05) is 6.07 Å². The van der Waals surface area contributed by atoms with Gasteiger partial charge >= 0.3 is 5.97 Å². The van der Waals surface area contributed by atoms with Gasteiger partial charge in [0, 0.05) is 18.0 Å². The van der Waals surface area contributed by atoms with Crippen LogP contribution >= 0.6 is 11.3 Å². The number of carbonyl (C=O) groups is 1. The lowest BCUT2D eigenvalue weighted by molar-refractivity contribution is -0.139. The van der Waals surface area contributed by atoms with Crippen molar-refractivity contribution in [1.29, 1.82) is 0 Å². The van der Waals surface area contributed by atoms with Crippen LogP contribution in [0, 0.1) is 0 Å². The van der Waals surface area contributed by atoms with Crippen molar-refractivity contribution in [1.82, 2.24) is 10.2 Å². The van der Waals surface area contributed by atoms with Gasteiger partial charge < -0.3 is 10.4 Å². The van der Waals surface area contributed by atoms with Crippen LogP contribution in [0.5, 0.6) is 0 Å². The van der Waals surface area contributed by atoms with Crippen LogP contribution in [0.4, 0.5) is 0 Å². The van der Waals surface area contributed by atoms with E-state index in [-0.39, 0.29) is 0 Å². The monoisotopic (exact) mass is 228 g/mol. The number of thiophene rings is 1. The number of carboxylic acid groups (broad SMARTS) is 1. The Kier molecular flexibility index (Phi) is 4.74. The molecule has 1 aromatic heterocycles. The van der Waals surface area contributed by atoms with Crippen LogP contribution in [0.2, 0.25) is 0 Å². The van der Waals surface area contributed by atoms with Gasteiger partial charge in [-0.15, -0.1) is 11.3 Å². The van der Waals surface area contributed by atoms with E-state index in [1.54, 1.807) is 18.4 Å². The first-order valence-corrected chi connectivity index (χ1v) is 5.62. The Morgan fingerprint density at radius 1 is 1.73 bits per heavy atom. The van der Waals surface area contributed by atoms with Crippen molar-refractivity contribution in [2.45, 2.75) is 12.6 Å². The fraction of sp³-hybridized carbons (Fsp3) is 0.500. The summed E-state index contributed by atoms with van der Waals surface area (Å²) < 4.78 is 0. The zero-order chi connectivity index (χ0) is 11.3. The van der Waals surface area contributed by atoms with Crippen LogP contribution in [0.15, 0.2) is 17.5 Å². The summed E-state index contributed by atoms with van der Waals surface area (Å²) in [6.45, 7) is 1.30. The van der Waals surface area contributed by atoms with E-state index in [2.05, 4.69) is 11.4 Å². The number of carboxylic acids is 1. The van der Waals surface area contributed by atoms with E-state index >= 15 is 0 Å². The molecule has 0 aromatic carbocycles. The normalized spacial score (nSPS) is 13.0. The minimum Gasteiger partial charge on any atom is -0.480 e. The summed E-state index contributed by atoms with van der Waals surface area (Å²) in [6, 6.07) is 3.55. The van der Waals surface area contributed by atoms with Gasteiger partial charge in [0.2, 0.25) is 0 Å². The molecule has 0 fully saturated rings. The number of aliphatic carboxylic acids is 1. The molecule has 1 unspecified atom stereocenters. The van der Waals surface area contributed by atoms with Crippen LogP contribution in [-0.4, -0.2) is 42.7 Å². The predicted molar refractivity (Wildman–Crippen MR) is 61.1 cm³/mol. The molecule has 0 spiro atoms. The molecule has 15 heavy (non-hydrogen) atoms. The molecule has 0 saturated carbocycles. The maximum absolute atomic E-state index is 10.8. The van der Waals surface area contributed by atoms with Gasteiger partial charge in [0.05, 0.1) is 0 Å². The molecule has 5 heteroatoms. The molecule has 1 aromatic rings. The number of nitrogens with one attached hydrogen (secondary N) is 1. The third kappa shape index (κ3) is 3.99. The smallest absolute Gasteiger partial charge is 0.322 e. The Bertz CT molecular complexity index is 300. The molecule has 1 atom stereocenters. The first-order valence-electron chi connectivity index (χ1n) is 4.74. The van der Waals surface area contributed by atoms with E-state index in [4.69, 9.17) is 5.11 Å². The molecule has 0 radical (unpaired) electrons. The lowest BCUT2D eigenvalue weighted by Gasteiger charge is -2.20. The summed E-state index contributed by atoms with van der Waals surface area (Å²) >= 11 is 1.68. The highest BCUT2D eigenvalue weighted by molar-refractivity contribution is 7.09. The van der Waals surface area contributed by atoms with Crippen molar-refractivity contribution < 1.29 is 9.90 Å². The maximum Gasteiger partial charge on any atom is 0.322 e. The van der Waals surface area contributed by atoms with Gasteiger partial charge in [0.15, 0.2) is 0 Å². The minimum atomic E-state index is -0.810. The quantitative estimate of drug-likeness (QED) is 0.758. The van der Waals surface area contributed by atoms with Gasteiger partial charge in [-0.05, 0) is 25.5 Å². The van der Waals surface area contributed by atoms with E-state index in [1.165, 1.54) is 4.88 Å². The van der Waals surface area contributed by atoms with Crippen molar-refractivity contribution in [2.24, 2.45) is 0 Å². The highest BCUT2D eigenvalue weighted by atomic mass is 32.1. The zero-order valence-corrected chi connectivity index (χ0v) is 9.75. The summed E-state index contributed by atoms with van der Waals surface area (Å²) in [5.74, 6) is -0.810. The van der Waals surface area contributed by atoms with Crippen LogP contribution < -0.4 is 5.32 Å². The minimum absolute atomic E-state index is 0.504. The van der Waals surface area contributed by atoms with Crippen molar-refractivity contribution >= 4 is 17.3 Å². The third-order valence-electron chi connectivity index (χ3n) is 2.15. The first-order chi connectivity index (χ1) is 7.13. The van der Waals surface area contributed by atoms with Crippen molar-refractivity contribution in [3.63, 3.8) is 0 Å². The lowest BCUT2D eigenvalue weighted by atomic mass is 10.3. The van der Waals surface area contributed by atoms with Crippen LogP contribution in [0.1, 0.15) is 4.88 Å². The fourth-order valence-electron chi connectivity index (χ4n) is 1.34. The van der Waals surface area contributed by atoms with E-state index in [1.807, 2.05) is 23.4 Å². The summed E-state index contributed by atoms with van der Waals surface area (Å²) in [5.41, 5.74) is 0.